The van der Waals surface area contributed by atoms with Gasteiger partial charge in [0, 0.05) is 12.1 Å². The Morgan fingerprint density at radius 2 is 1.07 bits per heavy atom. The summed E-state index contributed by atoms with van der Waals surface area (Å²) >= 11 is 0. The molecule has 0 saturated carbocycles. The summed E-state index contributed by atoms with van der Waals surface area (Å²) in [5, 5.41) is 0. The molecule has 30 heavy (non-hydrogen) atoms. The van der Waals surface area contributed by atoms with Crippen molar-refractivity contribution in [3.63, 3.8) is 0 Å². The minimum Gasteiger partial charge on any atom is -0.493 e. The zero-order valence-corrected chi connectivity index (χ0v) is 18.6. The minimum absolute atomic E-state index is 0.333. The van der Waals surface area contributed by atoms with Gasteiger partial charge in [0.25, 0.3) is 0 Å². The summed E-state index contributed by atoms with van der Waals surface area (Å²) in [6.45, 7) is 8.98. The van der Waals surface area contributed by atoms with Crippen molar-refractivity contribution in [2.24, 2.45) is 0 Å². The van der Waals surface area contributed by atoms with Gasteiger partial charge in [-0.1, -0.05) is 24.3 Å². The number of fused-ring (bicyclic) bond motifs is 2. The van der Waals surface area contributed by atoms with Gasteiger partial charge in [-0.25, -0.2) is 0 Å². The van der Waals surface area contributed by atoms with Crippen LogP contribution in [0.5, 0.6) is 11.5 Å². The average molecular weight is 403 g/mol. The number of para-hydroxylation sites is 2. The molecule has 3 aromatic carbocycles. The monoisotopic (exact) mass is 402 g/mol. The van der Waals surface area contributed by atoms with Crippen LogP contribution in [0.2, 0.25) is 0 Å². The van der Waals surface area contributed by atoms with Crippen LogP contribution in [0.1, 0.15) is 27.7 Å². The van der Waals surface area contributed by atoms with Crippen LogP contribution in [0.25, 0.3) is 11.1 Å². The molecule has 0 aromatic heterocycles. The van der Waals surface area contributed by atoms with Crippen LogP contribution < -0.4 is 19.3 Å². The first-order valence-electron chi connectivity index (χ1n) is 10.5. The first kappa shape index (κ1) is 20.1. The van der Waals surface area contributed by atoms with Gasteiger partial charge in [-0.05, 0) is 75.2 Å². The van der Waals surface area contributed by atoms with Gasteiger partial charge in [-0.2, -0.15) is 0 Å². The van der Waals surface area contributed by atoms with E-state index in [1.165, 1.54) is 22.7 Å². The lowest BCUT2D eigenvalue weighted by Crippen LogP contribution is -2.36. The van der Waals surface area contributed by atoms with Crippen LogP contribution in [0, 0.1) is 0 Å². The summed E-state index contributed by atoms with van der Waals surface area (Å²) in [4.78, 5) is 4.87. The predicted octanol–water partition coefficient (Wildman–Crippen LogP) is 6.78. The van der Waals surface area contributed by atoms with E-state index in [-0.39, 0.29) is 0 Å². The molecule has 0 amide bonds. The minimum atomic E-state index is 0.333. The zero-order chi connectivity index (χ0) is 21.4. The van der Waals surface area contributed by atoms with Crippen molar-refractivity contribution in [2.45, 2.75) is 39.8 Å². The Bertz CT molecular complexity index is 1060. The summed E-state index contributed by atoms with van der Waals surface area (Å²) in [7, 11) is 3.33. The summed E-state index contributed by atoms with van der Waals surface area (Å²) < 4.78 is 10.9. The maximum atomic E-state index is 5.52. The number of hydrogen-bond donors (Lipinski definition) is 0. The van der Waals surface area contributed by atoms with Crippen LogP contribution in [-0.4, -0.2) is 26.3 Å². The SMILES string of the molecule is COc1ccc(-c2ccc3c(c2)N(C(C)C)c2ccccc2N3C(C)C)cc1OC. The van der Waals surface area contributed by atoms with Crippen molar-refractivity contribution < 1.29 is 9.47 Å². The van der Waals surface area contributed by atoms with Gasteiger partial charge in [0.15, 0.2) is 11.5 Å². The highest BCUT2D eigenvalue weighted by molar-refractivity contribution is 5.95. The second-order valence-electron chi connectivity index (χ2n) is 8.19. The summed E-state index contributed by atoms with van der Waals surface area (Å²) in [5.41, 5.74) is 7.23. The molecule has 0 unspecified atom stereocenters. The molecule has 0 N–H and O–H groups in total. The van der Waals surface area contributed by atoms with Crippen molar-refractivity contribution in [1.29, 1.82) is 0 Å². The smallest absolute Gasteiger partial charge is 0.161 e. The second-order valence-corrected chi connectivity index (χ2v) is 8.19. The van der Waals surface area contributed by atoms with Gasteiger partial charge in [-0.3, -0.25) is 0 Å². The van der Waals surface area contributed by atoms with Crippen molar-refractivity contribution in [1.82, 2.24) is 0 Å². The first-order chi connectivity index (χ1) is 14.5. The van der Waals surface area contributed by atoms with Gasteiger partial charge in [0.05, 0.1) is 37.0 Å². The molecule has 0 atom stereocenters. The fourth-order valence-electron chi connectivity index (χ4n) is 4.36. The molecular weight excluding hydrogens is 372 g/mol. The molecule has 4 nitrogen and oxygen atoms in total. The van der Waals surface area contributed by atoms with Crippen LogP contribution in [0.4, 0.5) is 22.7 Å². The van der Waals surface area contributed by atoms with E-state index in [9.17, 15) is 0 Å². The fraction of sp³-hybridized carbons (Fsp3) is 0.308. The maximum absolute atomic E-state index is 5.52. The molecule has 156 valence electrons. The normalized spacial score (nSPS) is 12.8. The van der Waals surface area contributed by atoms with Crippen LogP contribution in [-0.2, 0) is 0 Å². The molecule has 0 radical (unpaired) electrons. The third kappa shape index (κ3) is 3.26. The van der Waals surface area contributed by atoms with Crippen LogP contribution in [0.3, 0.4) is 0 Å². The van der Waals surface area contributed by atoms with E-state index in [2.05, 4.69) is 86.0 Å². The molecule has 0 fully saturated rings. The average Bonchev–Trinajstić information content (AvgIpc) is 2.75. The number of benzene rings is 3. The molecule has 0 aliphatic carbocycles. The third-order valence-corrected chi connectivity index (χ3v) is 5.64. The number of methoxy groups -OCH3 is 2. The van der Waals surface area contributed by atoms with Crippen molar-refractivity contribution in [2.75, 3.05) is 24.0 Å². The molecule has 1 heterocycles. The van der Waals surface area contributed by atoms with Crippen molar-refractivity contribution >= 4 is 22.7 Å². The molecule has 3 aromatic rings. The second kappa shape index (κ2) is 7.94. The Kier molecular flexibility index (Phi) is 5.33. The molecule has 4 rings (SSSR count). The molecule has 4 heteroatoms. The lowest BCUT2D eigenvalue weighted by atomic mass is 9.98. The number of hydrogen-bond acceptors (Lipinski definition) is 4. The summed E-state index contributed by atoms with van der Waals surface area (Å²) in [6, 6.07) is 22.2. The van der Waals surface area contributed by atoms with Crippen LogP contribution in [0.15, 0.2) is 60.7 Å². The molecule has 0 bridgehead atoms. The topological polar surface area (TPSA) is 24.9 Å². The maximum Gasteiger partial charge on any atom is 0.161 e. The van der Waals surface area contributed by atoms with E-state index >= 15 is 0 Å². The van der Waals surface area contributed by atoms with Gasteiger partial charge < -0.3 is 19.3 Å². The Labute approximate surface area is 179 Å². The molecule has 1 aliphatic heterocycles. The van der Waals surface area contributed by atoms with E-state index in [0.717, 1.165) is 22.6 Å². The van der Waals surface area contributed by atoms with Gasteiger partial charge in [-0.15, -0.1) is 0 Å². The lowest BCUT2D eigenvalue weighted by Gasteiger charge is -2.44. The molecule has 0 saturated heterocycles. The third-order valence-electron chi connectivity index (χ3n) is 5.64. The largest absolute Gasteiger partial charge is 0.493 e. The Morgan fingerprint density at radius 1 is 0.567 bits per heavy atom. The molecule has 1 aliphatic rings. The highest BCUT2D eigenvalue weighted by Crippen LogP contribution is 2.50. The summed E-state index contributed by atoms with van der Waals surface area (Å²) in [5.74, 6) is 1.48. The van der Waals surface area contributed by atoms with Gasteiger partial charge in [0.2, 0.25) is 0 Å². The van der Waals surface area contributed by atoms with E-state index in [0.29, 0.717) is 12.1 Å². The Hall–Kier alpha value is -3.14. The first-order valence-corrected chi connectivity index (χ1v) is 10.5. The number of rotatable bonds is 5. The lowest BCUT2D eigenvalue weighted by molar-refractivity contribution is 0.355. The van der Waals surface area contributed by atoms with Gasteiger partial charge >= 0.3 is 0 Å². The highest BCUT2D eigenvalue weighted by atomic mass is 16.5. The number of anilines is 4. The van der Waals surface area contributed by atoms with Crippen molar-refractivity contribution in [3.8, 4) is 22.6 Å². The predicted molar refractivity (Wildman–Crippen MR) is 126 cm³/mol. The molecule has 0 spiro atoms. The Balaban J connectivity index is 1.90. The standard InChI is InChI=1S/C26H30N2O2/c1-17(2)27-21-9-7-8-10-22(21)28(18(3)4)24-15-19(11-13-23(24)27)20-12-14-25(29-5)26(16-20)30-6/h7-18H,1-6H3. The van der Waals surface area contributed by atoms with Gasteiger partial charge in [0.1, 0.15) is 0 Å². The summed E-state index contributed by atoms with van der Waals surface area (Å²) in [6.07, 6.45) is 0. The Morgan fingerprint density at radius 3 is 1.63 bits per heavy atom. The van der Waals surface area contributed by atoms with E-state index in [1.54, 1.807) is 14.2 Å². The van der Waals surface area contributed by atoms with E-state index < -0.39 is 0 Å². The number of nitrogens with zero attached hydrogens (tertiary/aromatic N) is 2. The number of ether oxygens (including phenoxy) is 2. The van der Waals surface area contributed by atoms with Crippen LogP contribution >= 0.6 is 0 Å². The van der Waals surface area contributed by atoms with E-state index in [1.807, 2.05) is 12.1 Å². The molecular formula is C26H30N2O2. The highest BCUT2D eigenvalue weighted by Gasteiger charge is 2.31. The zero-order valence-electron chi connectivity index (χ0n) is 18.6. The van der Waals surface area contributed by atoms with E-state index in [4.69, 9.17) is 9.47 Å². The van der Waals surface area contributed by atoms with Crippen molar-refractivity contribution in [3.05, 3.63) is 60.7 Å². The quantitative estimate of drug-likeness (QED) is 0.470. The fourth-order valence-corrected chi connectivity index (χ4v) is 4.36.